The lowest BCUT2D eigenvalue weighted by molar-refractivity contribution is -0.274. The summed E-state index contributed by atoms with van der Waals surface area (Å²) in [6.07, 6.45) is -1.24. The number of alkyl halides is 3. The Balaban J connectivity index is 2.04. The third-order valence-corrected chi connectivity index (χ3v) is 3.43. The SMILES string of the molecule is O=C1Nc2ccc(OC(F)(F)F)cc2[C@@]12C=CCNC2. The molecule has 106 valence electrons. The van der Waals surface area contributed by atoms with Gasteiger partial charge in [0.2, 0.25) is 5.91 Å². The summed E-state index contributed by atoms with van der Waals surface area (Å²) in [6.45, 7) is 0.973. The number of carbonyl (C=O) groups is 1. The molecule has 1 aromatic rings. The van der Waals surface area contributed by atoms with Crippen LogP contribution in [0.5, 0.6) is 5.75 Å². The van der Waals surface area contributed by atoms with Crippen LogP contribution in [0.3, 0.4) is 0 Å². The maximum absolute atomic E-state index is 12.3. The van der Waals surface area contributed by atoms with E-state index >= 15 is 0 Å². The molecule has 1 atom stereocenters. The van der Waals surface area contributed by atoms with Crippen LogP contribution in [0.2, 0.25) is 0 Å². The van der Waals surface area contributed by atoms with Crippen LogP contribution >= 0.6 is 0 Å². The average molecular weight is 284 g/mol. The highest BCUT2D eigenvalue weighted by Gasteiger charge is 2.46. The van der Waals surface area contributed by atoms with Gasteiger partial charge in [-0.2, -0.15) is 0 Å². The number of rotatable bonds is 1. The zero-order valence-electron chi connectivity index (χ0n) is 10.3. The lowest BCUT2D eigenvalue weighted by Gasteiger charge is -2.27. The summed E-state index contributed by atoms with van der Waals surface area (Å²) in [5.41, 5.74) is 0.0454. The fraction of sp³-hybridized carbons (Fsp3) is 0.308. The molecule has 20 heavy (non-hydrogen) atoms. The van der Waals surface area contributed by atoms with Crippen molar-refractivity contribution < 1.29 is 22.7 Å². The zero-order chi connectivity index (χ0) is 14.4. The van der Waals surface area contributed by atoms with Gasteiger partial charge in [-0.05, 0) is 23.8 Å². The third-order valence-electron chi connectivity index (χ3n) is 3.43. The standard InChI is InChI=1S/C13H11F3N2O2/c14-13(15,16)20-8-2-3-10-9(6-8)12(11(19)18-10)4-1-5-17-7-12/h1-4,6,17H,5,7H2,(H,18,19)/t12-/m0/s1. The summed E-state index contributed by atoms with van der Waals surface area (Å²) in [4.78, 5) is 12.1. The molecule has 0 saturated carbocycles. The largest absolute Gasteiger partial charge is 0.573 e. The van der Waals surface area contributed by atoms with Gasteiger partial charge in [-0.1, -0.05) is 12.2 Å². The molecule has 4 nitrogen and oxygen atoms in total. The van der Waals surface area contributed by atoms with Gasteiger partial charge >= 0.3 is 6.36 Å². The van der Waals surface area contributed by atoms with Crippen molar-refractivity contribution in [3.63, 3.8) is 0 Å². The van der Waals surface area contributed by atoms with E-state index in [1.54, 1.807) is 12.2 Å². The molecule has 0 fully saturated rings. The molecule has 0 unspecified atom stereocenters. The van der Waals surface area contributed by atoms with E-state index in [1.807, 2.05) is 0 Å². The highest BCUT2D eigenvalue weighted by molar-refractivity contribution is 6.08. The van der Waals surface area contributed by atoms with E-state index < -0.39 is 11.8 Å². The quantitative estimate of drug-likeness (QED) is 0.775. The van der Waals surface area contributed by atoms with Crippen LogP contribution in [-0.4, -0.2) is 25.4 Å². The van der Waals surface area contributed by atoms with E-state index in [9.17, 15) is 18.0 Å². The predicted octanol–water partition coefficient (Wildman–Crippen LogP) is 1.93. The number of benzene rings is 1. The summed E-state index contributed by atoms with van der Waals surface area (Å²) in [5.74, 6) is -0.578. The van der Waals surface area contributed by atoms with Crippen molar-refractivity contribution in [2.45, 2.75) is 11.8 Å². The average Bonchev–Trinajstić information content (AvgIpc) is 2.63. The maximum atomic E-state index is 12.3. The van der Waals surface area contributed by atoms with Crippen LogP contribution in [0.4, 0.5) is 18.9 Å². The first-order valence-electron chi connectivity index (χ1n) is 6.01. The van der Waals surface area contributed by atoms with Crippen LogP contribution in [0, 0.1) is 0 Å². The predicted molar refractivity (Wildman–Crippen MR) is 65.4 cm³/mol. The van der Waals surface area contributed by atoms with Gasteiger partial charge in [0.15, 0.2) is 0 Å². The van der Waals surface area contributed by atoms with Crippen LogP contribution in [0.25, 0.3) is 0 Å². The molecule has 2 aliphatic rings. The maximum Gasteiger partial charge on any atom is 0.573 e. The van der Waals surface area contributed by atoms with Crippen molar-refractivity contribution in [2.24, 2.45) is 0 Å². The molecule has 2 heterocycles. The van der Waals surface area contributed by atoms with Crippen molar-refractivity contribution in [3.8, 4) is 5.75 Å². The minimum atomic E-state index is -4.75. The summed E-state index contributed by atoms with van der Waals surface area (Å²) >= 11 is 0. The Labute approximate surface area is 112 Å². The number of hydrogen-bond donors (Lipinski definition) is 2. The normalized spacial score (nSPS) is 24.6. The fourth-order valence-electron chi connectivity index (χ4n) is 2.57. The highest BCUT2D eigenvalue weighted by Crippen LogP contribution is 2.42. The van der Waals surface area contributed by atoms with Gasteiger partial charge in [-0.25, -0.2) is 0 Å². The van der Waals surface area contributed by atoms with Gasteiger partial charge in [0.25, 0.3) is 0 Å². The number of anilines is 1. The van der Waals surface area contributed by atoms with Crippen molar-refractivity contribution in [2.75, 3.05) is 18.4 Å². The molecule has 0 aromatic heterocycles. The number of amides is 1. The van der Waals surface area contributed by atoms with Gasteiger partial charge in [0, 0.05) is 18.8 Å². The smallest absolute Gasteiger partial charge is 0.406 e. The molecular formula is C13H11F3N2O2. The molecule has 0 radical (unpaired) electrons. The number of halogens is 3. The number of hydrogen-bond acceptors (Lipinski definition) is 3. The molecule has 0 bridgehead atoms. The first kappa shape index (κ1) is 13.0. The zero-order valence-corrected chi connectivity index (χ0v) is 10.3. The Morgan fingerprint density at radius 2 is 2.10 bits per heavy atom. The minimum Gasteiger partial charge on any atom is -0.406 e. The Hall–Kier alpha value is -2.02. The molecule has 1 amide bonds. The van der Waals surface area contributed by atoms with E-state index in [4.69, 9.17) is 0 Å². The molecule has 3 rings (SSSR count). The third kappa shape index (κ3) is 2.03. The molecule has 0 saturated heterocycles. The van der Waals surface area contributed by atoms with E-state index in [1.165, 1.54) is 18.2 Å². The number of nitrogens with one attached hydrogen (secondary N) is 2. The number of ether oxygens (including phenoxy) is 1. The van der Waals surface area contributed by atoms with E-state index in [-0.39, 0.29) is 11.7 Å². The second kappa shape index (κ2) is 4.24. The van der Waals surface area contributed by atoms with Crippen molar-refractivity contribution >= 4 is 11.6 Å². The van der Waals surface area contributed by atoms with E-state index in [0.717, 1.165) is 0 Å². The number of fused-ring (bicyclic) bond motifs is 2. The van der Waals surface area contributed by atoms with Gasteiger partial charge in [0.05, 0.1) is 0 Å². The topological polar surface area (TPSA) is 50.4 Å². The molecule has 0 aliphatic carbocycles. The molecule has 7 heteroatoms. The first-order valence-corrected chi connectivity index (χ1v) is 6.01. The Kier molecular flexibility index (Phi) is 2.75. The summed E-state index contributed by atoms with van der Waals surface area (Å²) < 4.78 is 40.7. The van der Waals surface area contributed by atoms with Gasteiger partial charge in [0.1, 0.15) is 11.2 Å². The van der Waals surface area contributed by atoms with Crippen LogP contribution in [0.1, 0.15) is 5.56 Å². The molecule has 2 aliphatic heterocycles. The second-order valence-electron chi connectivity index (χ2n) is 4.71. The second-order valence-corrected chi connectivity index (χ2v) is 4.71. The molecule has 1 aromatic carbocycles. The fourth-order valence-corrected chi connectivity index (χ4v) is 2.57. The monoisotopic (exact) mass is 284 g/mol. The lowest BCUT2D eigenvalue weighted by Crippen LogP contribution is -2.45. The van der Waals surface area contributed by atoms with Crippen LogP contribution in [-0.2, 0) is 10.2 Å². The van der Waals surface area contributed by atoms with Gasteiger partial charge < -0.3 is 15.4 Å². The van der Waals surface area contributed by atoms with Crippen LogP contribution < -0.4 is 15.4 Å². The summed E-state index contributed by atoms with van der Waals surface area (Å²) in [7, 11) is 0. The minimum absolute atomic E-state index is 0.250. The van der Waals surface area contributed by atoms with Crippen molar-refractivity contribution in [3.05, 3.63) is 35.9 Å². The summed E-state index contributed by atoms with van der Waals surface area (Å²) in [6, 6.07) is 3.87. The lowest BCUT2D eigenvalue weighted by atomic mass is 9.79. The van der Waals surface area contributed by atoms with E-state index in [2.05, 4.69) is 15.4 Å². The Morgan fingerprint density at radius 1 is 1.30 bits per heavy atom. The van der Waals surface area contributed by atoms with Gasteiger partial charge in [-0.3, -0.25) is 4.79 Å². The van der Waals surface area contributed by atoms with Crippen molar-refractivity contribution in [1.29, 1.82) is 0 Å². The molecular weight excluding hydrogens is 273 g/mol. The Morgan fingerprint density at radius 3 is 2.75 bits per heavy atom. The van der Waals surface area contributed by atoms with Gasteiger partial charge in [-0.15, -0.1) is 13.2 Å². The number of carbonyl (C=O) groups excluding carboxylic acids is 1. The van der Waals surface area contributed by atoms with E-state index in [0.29, 0.717) is 24.3 Å². The summed E-state index contributed by atoms with van der Waals surface area (Å²) in [5, 5.41) is 5.73. The van der Waals surface area contributed by atoms with Crippen molar-refractivity contribution in [1.82, 2.24) is 5.32 Å². The van der Waals surface area contributed by atoms with Crippen LogP contribution in [0.15, 0.2) is 30.4 Å². The molecule has 2 N–H and O–H groups in total. The first-order chi connectivity index (χ1) is 9.41. The highest BCUT2D eigenvalue weighted by atomic mass is 19.4. The molecule has 1 spiro atoms. The Bertz CT molecular complexity index is 598.